The second kappa shape index (κ2) is 10.9. The van der Waals surface area contributed by atoms with E-state index in [0.29, 0.717) is 17.1 Å². The standard InChI is InChI=1S/C17H23Br2NO2/c1-3-5-7-16(18)21-14-10-9-13(12-20)11-15(14)22-17(19)8-6-4-2/h9-11,16-17H,3-8H2,1-2H3. The molecular weight excluding hydrogens is 410 g/mol. The molecule has 0 aromatic heterocycles. The van der Waals surface area contributed by atoms with Crippen molar-refractivity contribution in [1.82, 2.24) is 0 Å². The number of nitrogens with zero attached hydrogens (tertiary/aromatic N) is 1. The van der Waals surface area contributed by atoms with Gasteiger partial charge in [-0.1, -0.05) is 26.7 Å². The maximum Gasteiger partial charge on any atom is 0.164 e. The third-order valence-electron chi connectivity index (χ3n) is 3.15. The predicted molar refractivity (Wildman–Crippen MR) is 96.9 cm³/mol. The monoisotopic (exact) mass is 431 g/mol. The van der Waals surface area contributed by atoms with Gasteiger partial charge < -0.3 is 9.47 Å². The minimum Gasteiger partial charge on any atom is -0.475 e. The summed E-state index contributed by atoms with van der Waals surface area (Å²) in [4.78, 5) is 0. The Morgan fingerprint density at radius 2 is 1.55 bits per heavy atom. The highest BCUT2D eigenvalue weighted by molar-refractivity contribution is 9.09. The average molecular weight is 433 g/mol. The van der Waals surface area contributed by atoms with Crippen LogP contribution in [0.2, 0.25) is 0 Å². The largest absolute Gasteiger partial charge is 0.475 e. The molecule has 0 amide bonds. The van der Waals surface area contributed by atoms with Crippen molar-refractivity contribution in [3.8, 4) is 17.6 Å². The quantitative estimate of drug-likeness (QED) is 0.417. The number of unbranched alkanes of at least 4 members (excludes halogenated alkanes) is 2. The van der Waals surface area contributed by atoms with Crippen LogP contribution in [0.15, 0.2) is 18.2 Å². The smallest absolute Gasteiger partial charge is 0.164 e. The normalized spacial score (nSPS) is 13.2. The summed E-state index contributed by atoms with van der Waals surface area (Å²) in [5.74, 6) is 1.27. The first-order valence-electron chi connectivity index (χ1n) is 7.76. The second-order valence-corrected chi connectivity index (χ2v) is 7.16. The van der Waals surface area contributed by atoms with E-state index in [1.54, 1.807) is 18.2 Å². The molecule has 5 heteroatoms. The zero-order valence-electron chi connectivity index (χ0n) is 13.1. The molecule has 0 aliphatic carbocycles. The van der Waals surface area contributed by atoms with E-state index in [1.165, 1.54) is 0 Å². The van der Waals surface area contributed by atoms with Gasteiger partial charge in [0.2, 0.25) is 0 Å². The van der Waals surface area contributed by atoms with Gasteiger partial charge in [0, 0.05) is 6.07 Å². The Balaban J connectivity index is 2.80. The van der Waals surface area contributed by atoms with E-state index >= 15 is 0 Å². The summed E-state index contributed by atoms with van der Waals surface area (Å²) in [6.07, 6.45) is 6.28. The number of nitriles is 1. The van der Waals surface area contributed by atoms with Gasteiger partial charge in [0.05, 0.1) is 11.6 Å². The molecule has 0 heterocycles. The van der Waals surface area contributed by atoms with E-state index < -0.39 is 0 Å². The maximum atomic E-state index is 9.06. The first-order chi connectivity index (χ1) is 10.6. The van der Waals surface area contributed by atoms with Crippen molar-refractivity contribution in [2.75, 3.05) is 0 Å². The number of benzene rings is 1. The van der Waals surface area contributed by atoms with Crippen molar-refractivity contribution >= 4 is 31.9 Å². The third-order valence-corrected chi connectivity index (χ3v) is 4.44. The molecule has 0 aliphatic rings. The van der Waals surface area contributed by atoms with Gasteiger partial charge in [0.25, 0.3) is 0 Å². The fourth-order valence-electron chi connectivity index (χ4n) is 1.89. The molecule has 0 spiro atoms. The van der Waals surface area contributed by atoms with E-state index in [9.17, 15) is 0 Å². The number of alkyl halides is 2. The lowest BCUT2D eigenvalue weighted by atomic mass is 10.2. The van der Waals surface area contributed by atoms with Crippen molar-refractivity contribution in [3.63, 3.8) is 0 Å². The minimum atomic E-state index is -0.0758. The minimum absolute atomic E-state index is 0.0489. The first kappa shape index (κ1) is 19.3. The molecule has 0 N–H and O–H groups in total. The van der Waals surface area contributed by atoms with Gasteiger partial charge in [-0.15, -0.1) is 0 Å². The molecule has 0 saturated carbocycles. The van der Waals surface area contributed by atoms with Crippen LogP contribution in [-0.2, 0) is 0 Å². The maximum absolute atomic E-state index is 9.06. The lowest BCUT2D eigenvalue weighted by Crippen LogP contribution is -2.12. The molecule has 2 atom stereocenters. The van der Waals surface area contributed by atoms with E-state index in [2.05, 4.69) is 51.8 Å². The van der Waals surface area contributed by atoms with Crippen molar-refractivity contribution in [2.24, 2.45) is 0 Å². The van der Waals surface area contributed by atoms with Crippen LogP contribution in [0.1, 0.15) is 57.9 Å². The molecule has 0 bridgehead atoms. The lowest BCUT2D eigenvalue weighted by molar-refractivity contribution is 0.234. The van der Waals surface area contributed by atoms with Crippen LogP contribution in [0, 0.1) is 11.3 Å². The van der Waals surface area contributed by atoms with Crippen LogP contribution in [0.4, 0.5) is 0 Å². The fraction of sp³-hybridized carbons (Fsp3) is 0.588. The second-order valence-electron chi connectivity index (χ2n) is 5.11. The van der Waals surface area contributed by atoms with E-state index in [-0.39, 0.29) is 10.0 Å². The molecule has 22 heavy (non-hydrogen) atoms. The average Bonchev–Trinajstić information content (AvgIpc) is 2.52. The van der Waals surface area contributed by atoms with Crippen LogP contribution in [0.5, 0.6) is 11.5 Å². The Bertz CT molecular complexity index is 488. The van der Waals surface area contributed by atoms with Crippen LogP contribution in [0.3, 0.4) is 0 Å². The van der Waals surface area contributed by atoms with Gasteiger partial charge in [-0.25, -0.2) is 0 Å². The fourth-order valence-corrected chi connectivity index (χ4v) is 2.94. The molecule has 122 valence electrons. The molecule has 0 aliphatic heterocycles. The molecule has 1 aromatic rings. The van der Waals surface area contributed by atoms with Gasteiger partial charge >= 0.3 is 0 Å². The van der Waals surface area contributed by atoms with Crippen molar-refractivity contribution in [3.05, 3.63) is 23.8 Å². The van der Waals surface area contributed by atoms with Crippen molar-refractivity contribution in [2.45, 2.75) is 62.4 Å². The first-order valence-corrected chi connectivity index (χ1v) is 9.59. The van der Waals surface area contributed by atoms with Gasteiger partial charge in [0.1, 0.15) is 0 Å². The van der Waals surface area contributed by atoms with Crippen molar-refractivity contribution in [1.29, 1.82) is 5.26 Å². The number of hydrogen-bond acceptors (Lipinski definition) is 3. The van der Waals surface area contributed by atoms with Gasteiger partial charge in [-0.2, -0.15) is 5.26 Å². The Hall–Kier alpha value is -0.730. The number of ether oxygens (including phenoxy) is 2. The Morgan fingerprint density at radius 1 is 1.00 bits per heavy atom. The van der Waals surface area contributed by atoms with Gasteiger partial charge in [0.15, 0.2) is 21.5 Å². The van der Waals surface area contributed by atoms with Gasteiger partial charge in [-0.3, -0.25) is 0 Å². The summed E-state index contributed by atoms with van der Waals surface area (Å²) in [6, 6.07) is 7.41. The van der Waals surface area contributed by atoms with Crippen molar-refractivity contribution < 1.29 is 9.47 Å². The van der Waals surface area contributed by atoms with E-state index in [1.807, 2.05) is 0 Å². The highest BCUT2D eigenvalue weighted by atomic mass is 79.9. The van der Waals surface area contributed by atoms with Crippen LogP contribution in [-0.4, -0.2) is 10.0 Å². The SMILES string of the molecule is CCCCC(Br)Oc1ccc(C#N)cc1OC(Br)CCCC. The number of rotatable bonds is 10. The molecule has 0 fully saturated rings. The van der Waals surface area contributed by atoms with E-state index in [4.69, 9.17) is 14.7 Å². The van der Waals surface area contributed by atoms with Crippen LogP contribution < -0.4 is 9.47 Å². The molecule has 1 rings (SSSR count). The molecule has 0 radical (unpaired) electrons. The molecule has 1 aromatic carbocycles. The zero-order valence-corrected chi connectivity index (χ0v) is 16.3. The number of halogens is 2. The van der Waals surface area contributed by atoms with Crippen LogP contribution >= 0.6 is 31.9 Å². The highest BCUT2D eigenvalue weighted by Gasteiger charge is 2.14. The lowest BCUT2D eigenvalue weighted by Gasteiger charge is -2.19. The topological polar surface area (TPSA) is 42.2 Å². The molecular formula is C17H23Br2NO2. The van der Waals surface area contributed by atoms with E-state index in [0.717, 1.165) is 38.5 Å². The third kappa shape index (κ3) is 7.02. The molecule has 3 nitrogen and oxygen atoms in total. The Labute approximate surface area is 150 Å². The summed E-state index contributed by atoms with van der Waals surface area (Å²) < 4.78 is 11.8. The summed E-state index contributed by atoms with van der Waals surface area (Å²) in [5.41, 5.74) is 0.567. The summed E-state index contributed by atoms with van der Waals surface area (Å²) >= 11 is 7.07. The Kier molecular flexibility index (Phi) is 9.58. The highest BCUT2D eigenvalue weighted by Crippen LogP contribution is 2.33. The molecule has 2 unspecified atom stereocenters. The summed E-state index contributed by atoms with van der Waals surface area (Å²) in [7, 11) is 0. The summed E-state index contributed by atoms with van der Waals surface area (Å²) in [6.45, 7) is 4.30. The van der Waals surface area contributed by atoms with Gasteiger partial charge in [-0.05, 0) is 69.7 Å². The summed E-state index contributed by atoms with van der Waals surface area (Å²) in [5, 5.41) is 8.93. The molecule has 0 saturated heterocycles. The van der Waals surface area contributed by atoms with Crippen LogP contribution in [0.25, 0.3) is 0 Å². The Morgan fingerprint density at radius 3 is 2.05 bits per heavy atom. The zero-order chi connectivity index (χ0) is 16.4. The predicted octanol–water partition coefficient (Wildman–Crippen LogP) is 6.14. The number of hydrogen-bond donors (Lipinski definition) is 0.